The van der Waals surface area contributed by atoms with Gasteiger partial charge in [0, 0.05) is 42.4 Å². The zero-order chi connectivity index (χ0) is 21.8. The van der Waals surface area contributed by atoms with Crippen LogP contribution in [0, 0.1) is 17.0 Å². The van der Waals surface area contributed by atoms with Crippen LogP contribution < -0.4 is 5.32 Å². The number of aryl methyl sites for hydroxylation is 2. The highest BCUT2D eigenvalue weighted by Crippen LogP contribution is 2.27. The minimum atomic E-state index is -0.461. The number of anilines is 1. The Morgan fingerprint density at radius 3 is 2.87 bits per heavy atom. The van der Waals surface area contributed by atoms with E-state index in [4.69, 9.17) is 0 Å². The van der Waals surface area contributed by atoms with Gasteiger partial charge in [-0.05, 0) is 43.0 Å². The lowest BCUT2D eigenvalue weighted by molar-refractivity contribution is -0.384. The molecule has 0 saturated carbocycles. The van der Waals surface area contributed by atoms with Crippen molar-refractivity contribution in [3.63, 3.8) is 0 Å². The SMILES string of the molecule is Cc1ccc(-c2nnc3n2CCCCC3)cc1NC(=O)/C=C/c1cccc([N+](=O)[O-])c1. The molecule has 0 radical (unpaired) electrons. The third-order valence-corrected chi connectivity index (χ3v) is 5.37. The number of benzene rings is 2. The van der Waals surface area contributed by atoms with Gasteiger partial charge in [-0.1, -0.05) is 30.7 Å². The number of fused-ring (bicyclic) bond motifs is 1. The summed E-state index contributed by atoms with van der Waals surface area (Å²) in [5, 5.41) is 22.5. The monoisotopic (exact) mass is 417 g/mol. The van der Waals surface area contributed by atoms with Crippen molar-refractivity contribution in [1.29, 1.82) is 0 Å². The third kappa shape index (κ3) is 4.69. The van der Waals surface area contributed by atoms with Crippen LogP contribution in [0.25, 0.3) is 17.5 Å². The van der Waals surface area contributed by atoms with Gasteiger partial charge in [0.15, 0.2) is 5.82 Å². The molecule has 8 nitrogen and oxygen atoms in total. The number of non-ortho nitro benzene ring substituents is 1. The second kappa shape index (κ2) is 8.91. The summed E-state index contributed by atoms with van der Waals surface area (Å²) in [6.07, 6.45) is 7.29. The third-order valence-electron chi connectivity index (χ3n) is 5.37. The van der Waals surface area contributed by atoms with Gasteiger partial charge in [-0.3, -0.25) is 14.9 Å². The van der Waals surface area contributed by atoms with Crippen LogP contribution in [0.1, 0.15) is 36.2 Å². The second-order valence-electron chi connectivity index (χ2n) is 7.61. The molecule has 158 valence electrons. The van der Waals surface area contributed by atoms with Gasteiger partial charge in [-0.15, -0.1) is 10.2 Å². The molecule has 4 rings (SSSR count). The van der Waals surface area contributed by atoms with Gasteiger partial charge in [0.1, 0.15) is 5.82 Å². The Hall–Kier alpha value is -3.81. The summed E-state index contributed by atoms with van der Waals surface area (Å²) in [5.74, 6) is 1.52. The molecule has 1 amide bonds. The predicted molar refractivity (Wildman–Crippen MR) is 119 cm³/mol. The number of amides is 1. The molecule has 0 atom stereocenters. The van der Waals surface area contributed by atoms with Crippen LogP contribution in [0.15, 0.2) is 48.5 Å². The van der Waals surface area contributed by atoms with Crippen LogP contribution in [0.2, 0.25) is 0 Å². The fraction of sp³-hybridized carbons (Fsp3) is 0.261. The molecule has 2 aromatic carbocycles. The Balaban J connectivity index is 1.53. The van der Waals surface area contributed by atoms with E-state index >= 15 is 0 Å². The highest BCUT2D eigenvalue weighted by Gasteiger charge is 2.17. The van der Waals surface area contributed by atoms with E-state index in [9.17, 15) is 14.9 Å². The van der Waals surface area contributed by atoms with Crippen molar-refractivity contribution in [3.05, 3.63) is 75.6 Å². The molecule has 31 heavy (non-hydrogen) atoms. The van der Waals surface area contributed by atoms with Crippen LogP contribution >= 0.6 is 0 Å². The lowest BCUT2D eigenvalue weighted by Gasteiger charge is -2.11. The number of hydrogen-bond donors (Lipinski definition) is 1. The number of nitrogens with zero attached hydrogens (tertiary/aromatic N) is 4. The molecule has 2 heterocycles. The summed E-state index contributed by atoms with van der Waals surface area (Å²) in [4.78, 5) is 22.9. The van der Waals surface area contributed by atoms with Crippen molar-refractivity contribution < 1.29 is 9.72 Å². The van der Waals surface area contributed by atoms with E-state index in [1.807, 2.05) is 25.1 Å². The van der Waals surface area contributed by atoms with E-state index < -0.39 is 4.92 Å². The molecule has 0 bridgehead atoms. The molecule has 0 saturated heterocycles. The standard InChI is InChI=1S/C23H23N5O3/c1-16-9-11-18(23-26-25-21-8-3-2-4-13-27(21)23)15-20(16)24-22(29)12-10-17-6-5-7-19(14-17)28(30)31/h5-7,9-12,14-15H,2-4,8,13H2,1H3,(H,24,29)/b12-10+. The highest BCUT2D eigenvalue weighted by molar-refractivity contribution is 6.02. The number of nitrogens with one attached hydrogen (secondary N) is 1. The van der Waals surface area contributed by atoms with Crippen molar-refractivity contribution >= 4 is 23.4 Å². The molecule has 0 unspecified atom stereocenters. The maximum absolute atomic E-state index is 12.5. The Morgan fingerprint density at radius 1 is 1.16 bits per heavy atom. The van der Waals surface area contributed by atoms with Crippen molar-refractivity contribution in [2.24, 2.45) is 0 Å². The number of carbonyl (C=O) groups excluding carboxylic acids is 1. The first-order valence-electron chi connectivity index (χ1n) is 10.3. The van der Waals surface area contributed by atoms with Gasteiger partial charge >= 0.3 is 0 Å². The smallest absolute Gasteiger partial charge is 0.270 e. The molecule has 0 spiro atoms. The summed E-state index contributed by atoms with van der Waals surface area (Å²) in [5.41, 5.74) is 3.09. The number of nitro benzene ring substituents is 1. The molecule has 1 aliphatic rings. The van der Waals surface area contributed by atoms with E-state index in [0.29, 0.717) is 11.3 Å². The van der Waals surface area contributed by atoms with Gasteiger partial charge < -0.3 is 9.88 Å². The Labute approximate surface area is 179 Å². The minimum absolute atomic E-state index is 0.0152. The number of nitro groups is 1. The molecule has 0 aliphatic carbocycles. The first kappa shape index (κ1) is 20.5. The minimum Gasteiger partial charge on any atom is -0.322 e. The van der Waals surface area contributed by atoms with Crippen molar-refractivity contribution in [1.82, 2.24) is 14.8 Å². The van der Waals surface area contributed by atoms with Crippen molar-refractivity contribution in [3.8, 4) is 11.4 Å². The van der Waals surface area contributed by atoms with E-state index in [0.717, 1.165) is 48.6 Å². The first-order valence-corrected chi connectivity index (χ1v) is 10.3. The zero-order valence-corrected chi connectivity index (χ0v) is 17.2. The number of rotatable bonds is 5. The van der Waals surface area contributed by atoms with Gasteiger partial charge in [-0.25, -0.2) is 0 Å². The first-order chi connectivity index (χ1) is 15.0. The van der Waals surface area contributed by atoms with E-state index in [-0.39, 0.29) is 11.6 Å². The zero-order valence-electron chi connectivity index (χ0n) is 17.2. The maximum Gasteiger partial charge on any atom is 0.270 e. The fourth-order valence-corrected chi connectivity index (χ4v) is 3.68. The topological polar surface area (TPSA) is 103 Å². The molecule has 3 aromatic rings. The molecule has 0 fully saturated rings. The molecule has 1 aliphatic heterocycles. The normalized spacial score (nSPS) is 13.6. The quantitative estimate of drug-likeness (QED) is 0.373. The van der Waals surface area contributed by atoms with Crippen LogP contribution in [0.3, 0.4) is 0 Å². The summed E-state index contributed by atoms with van der Waals surface area (Å²) in [6.45, 7) is 2.83. The number of carbonyl (C=O) groups is 1. The summed E-state index contributed by atoms with van der Waals surface area (Å²) in [7, 11) is 0. The van der Waals surface area contributed by atoms with Gasteiger partial charge in [0.25, 0.3) is 5.69 Å². The van der Waals surface area contributed by atoms with Gasteiger partial charge in [-0.2, -0.15) is 0 Å². The Kier molecular flexibility index (Phi) is 5.88. The summed E-state index contributed by atoms with van der Waals surface area (Å²) in [6, 6.07) is 12.0. The van der Waals surface area contributed by atoms with Crippen molar-refractivity contribution in [2.75, 3.05) is 5.32 Å². The van der Waals surface area contributed by atoms with Gasteiger partial charge in [0.2, 0.25) is 5.91 Å². The van der Waals surface area contributed by atoms with Crippen LogP contribution in [0.4, 0.5) is 11.4 Å². The Bertz CT molecular complexity index is 1170. The van der Waals surface area contributed by atoms with Crippen LogP contribution in [-0.2, 0) is 17.8 Å². The highest BCUT2D eigenvalue weighted by atomic mass is 16.6. The molecular weight excluding hydrogens is 394 g/mol. The Morgan fingerprint density at radius 2 is 2.03 bits per heavy atom. The average molecular weight is 417 g/mol. The van der Waals surface area contributed by atoms with Crippen LogP contribution in [-0.4, -0.2) is 25.6 Å². The second-order valence-corrected chi connectivity index (χ2v) is 7.61. The number of aromatic nitrogens is 3. The average Bonchev–Trinajstić information content (AvgIpc) is 3.02. The summed E-state index contributed by atoms with van der Waals surface area (Å²) < 4.78 is 2.17. The maximum atomic E-state index is 12.5. The van der Waals surface area contributed by atoms with Crippen molar-refractivity contribution in [2.45, 2.75) is 39.2 Å². The lowest BCUT2D eigenvalue weighted by atomic mass is 10.1. The summed E-state index contributed by atoms with van der Waals surface area (Å²) >= 11 is 0. The van der Waals surface area contributed by atoms with E-state index in [2.05, 4.69) is 20.1 Å². The van der Waals surface area contributed by atoms with E-state index in [1.165, 1.54) is 24.6 Å². The lowest BCUT2D eigenvalue weighted by Crippen LogP contribution is -2.09. The predicted octanol–water partition coefficient (Wildman–Crippen LogP) is 4.54. The fourth-order valence-electron chi connectivity index (χ4n) is 3.68. The molecule has 8 heteroatoms. The molecule has 1 N–H and O–H groups in total. The molecular formula is C23H23N5O3. The molecule has 1 aromatic heterocycles. The van der Waals surface area contributed by atoms with E-state index in [1.54, 1.807) is 18.2 Å². The largest absolute Gasteiger partial charge is 0.322 e. The number of hydrogen-bond acceptors (Lipinski definition) is 5. The van der Waals surface area contributed by atoms with Crippen LogP contribution in [0.5, 0.6) is 0 Å². The van der Waals surface area contributed by atoms with Gasteiger partial charge in [0.05, 0.1) is 4.92 Å².